The van der Waals surface area contributed by atoms with E-state index in [9.17, 15) is 0 Å². The zero-order valence-electron chi connectivity index (χ0n) is 16.1. The van der Waals surface area contributed by atoms with Crippen LogP contribution in [0.2, 0.25) is 0 Å². The van der Waals surface area contributed by atoms with Crippen molar-refractivity contribution < 1.29 is 10.2 Å². The van der Waals surface area contributed by atoms with E-state index in [0.29, 0.717) is 6.42 Å². The third kappa shape index (κ3) is 15.2. The number of aliphatic hydroxyl groups is 2. The zero-order valence-corrected chi connectivity index (χ0v) is 16.1. The quantitative estimate of drug-likeness (QED) is 0.240. The Labute approximate surface area is 150 Å². The minimum Gasteiger partial charge on any atom is -0.394 e. The van der Waals surface area contributed by atoms with Gasteiger partial charge in [-0.2, -0.15) is 0 Å². The first kappa shape index (κ1) is 23.6. The van der Waals surface area contributed by atoms with Crippen LogP contribution in [0.4, 0.5) is 0 Å². The van der Waals surface area contributed by atoms with Gasteiger partial charge in [0.25, 0.3) is 0 Å². The Balaban J connectivity index is 3.23. The molecule has 0 saturated heterocycles. The first-order chi connectivity index (χ1) is 11.7. The molecule has 24 heavy (non-hydrogen) atoms. The Morgan fingerprint density at radius 2 is 1.08 bits per heavy atom. The lowest BCUT2D eigenvalue weighted by Gasteiger charge is -2.22. The summed E-state index contributed by atoms with van der Waals surface area (Å²) in [7, 11) is 0. The van der Waals surface area contributed by atoms with Gasteiger partial charge in [0.2, 0.25) is 0 Å². The molecule has 0 aromatic heterocycles. The molecule has 0 aliphatic carbocycles. The molecule has 0 saturated carbocycles. The van der Waals surface area contributed by atoms with Crippen molar-refractivity contribution in [3.05, 3.63) is 12.2 Å². The van der Waals surface area contributed by atoms with Gasteiger partial charge in [-0.3, -0.25) is 0 Å². The number of rotatable bonds is 18. The molecule has 144 valence electrons. The van der Waals surface area contributed by atoms with Crippen molar-refractivity contribution in [1.82, 2.24) is 0 Å². The van der Waals surface area contributed by atoms with Crippen LogP contribution in [-0.4, -0.2) is 29.0 Å². The van der Waals surface area contributed by atoms with E-state index in [2.05, 4.69) is 13.0 Å². The smallest absolute Gasteiger partial charge is 0.0657 e. The van der Waals surface area contributed by atoms with Crippen LogP contribution >= 0.6 is 0 Å². The van der Waals surface area contributed by atoms with Crippen LogP contribution in [0.5, 0.6) is 0 Å². The van der Waals surface area contributed by atoms with Crippen molar-refractivity contribution in [1.29, 1.82) is 0 Å². The second kappa shape index (κ2) is 17.4. The number of allylic oxidation sites excluding steroid dienone is 1. The van der Waals surface area contributed by atoms with E-state index >= 15 is 0 Å². The average Bonchev–Trinajstić information content (AvgIpc) is 2.61. The van der Waals surface area contributed by atoms with Crippen molar-refractivity contribution >= 4 is 0 Å². The van der Waals surface area contributed by atoms with Crippen molar-refractivity contribution in [2.45, 2.75) is 109 Å². The van der Waals surface area contributed by atoms with E-state index in [0.717, 1.165) is 6.42 Å². The maximum atomic E-state index is 9.09. The molecule has 0 atom stereocenters. The van der Waals surface area contributed by atoms with Gasteiger partial charge in [-0.25, -0.2) is 0 Å². The van der Waals surface area contributed by atoms with E-state index in [1.54, 1.807) is 0 Å². The normalized spacial score (nSPS) is 12.3. The van der Waals surface area contributed by atoms with E-state index in [-0.39, 0.29) is 13.2 Å². The SMILES string of the molecule is CCCCCCCCCCCCCCC/C=C/CC(N)(CO)CO. The highest BCUT2D eigenvalue weighted by molar-refractivity contribution is 4.94. The molecule has 3 nitrogen and oxygen atoms in total. The van der Waals surface area contributed by atoms with E-state index in [4.69, 9.17) is 15.9 Å². The van der Waals surface area contributed by atoms with Crippen LogP contribution in [0.25, 0.3) is 0 Å². The van der Waals surface area contributed by atoms with Crippen molar-refractivity contribution in [3.63, 3.8) is 0 Å². The van der Waals surface area contributed by atoms with Crippen LogP contribution in [0, 0.1) is 0 Å². The molecule has 0 radical (unpaired) electrons. The molecular formula is C21H43NO2. The molecule has 0 aliphatic rings. The number of hydrogen-bond donors (Lipinski definition) is 3. The molecule has 0 bridgehead atoms. The molecule has 0 amide bonds. The van der Waals surface area contributed by atoms with E-state index in [1.165, 1.54) is 83.5 Å². The monoisotopic (exact) mass is 341 g/mol. The van der Waals surface area contributed by atoms with Gasteiger partial charge >= 0.3 is 0 Å². The van der Waals surface area contributed by atoms with E-state index < -0.39 is 5.54 Å². The number of aliphatic hydroxyl groups excluding tert-OH is 2. The van der Waals surface area contributed by atoms with Crippen molar-refractivity contribution in [3.8, 4) is 0 Å². The van der Waals surface area contributed by atoms with Crippen LogP contribution in [-0.2, 0) is 0 Å². The Hall–Kier alpha value is -0.380. The topological polar surface area (TPSA) is 66.5 Å². The van der Waals surface area contributed by atoms with Crippen LogP contribution in [0.15, 0.2) is 12.2 Å². The summed E-state index contributed by atoms with van der Waals surface area (Å²) in [6.45, 7) is 1.93. The Kier molecular flexibility index (Phi) is 17.2. The summed E-state index contributed by atoms with van der Waals surface area (Å²) in [5.74, 6) is 0. The molecule has 0 unspecified atom stereocenters. The molecule has 0 fully saturated rings. The average molecular weight is 342 g/mol. The molecule has 0 aromatic carbocycles. The molecule has 4 N–H and O–H groups in total. The van der Waals surface area contributed by atoms with Gasteiger partial charge in [0, 0.05) is 0 Å². The summed E-state index contributed by atoms with van der Waals surface area (Å²) in [4.78, 5) is 0. The van der Waals surface area contributed by atoms with Gasteiger partial charge in [0.05, 0.1) is 18.8 Å². The molecule has 0 aromatic rings. The number of hydrogen-bond acceptors (Lipinski definition) is 3. The van der Waals surface area contributed by atoms with Gasteiger partial charge in [-0.15, -0.1) is 0 Å². The highest BCUT2D eigenvalue weighted by Gasteiger charge is 2.20. The highest BCUT2D eigenvalue weighted by atomic mass is 16.3. The van der Waals surface area contributed by atoms with Gasteiger partial charge in [-0.1, -0.05) is 96.1 Å². The number of nitrogens with two attached hydrogens (primary N) is 1. The molecular weight excluding hydrogens is 298 g/mol. The van der Waals surface area contributed by atoms with Crippen LogP contribution in [0.3, 0.4) is 0 Å². The Morgan fingerprint density at radius 3 is 1.50 bits per heavy atom. The second-order valence-corrected chi connectivity index (χ2v) is 7.39. The maximum Gasteiger partial charge on any atom is 0.0657 e. The molecule has 3 heteroatoms. The standard InChI is InChI=1S/C21H43NO2/c1-2-3-4-5-6-7-8-9-10-11-12-13-14-15-16-17-18-21(22,19-23)20-24/h16-17,23-24H,2-15,18-20,22H2,1H3/b17-16+. The fourth-order valence-corrected chi connectivity index (χ4v) is 2.89. The molecule has 0 rings (SSSR count). The van der Waals surface area contributed by atoms with Gasteiger partial charge < -0.3 is 15.9 Å². The first-order valence-corrected chi connectivity index (χ1v) is 10.3. The molecule has 0 aliphatic heterocycles. The fraction of sp³-hybridized carbons (Fsp3) is 0.905. The summed E-state index contributed by atoms with van der Waals surface area (Å²) in [6.07, 6.45) is 23.7. The zero-order chi connectivity index (χ0) is 17.9. The predicted octanol–water partition coefficient (Wildman–Crippen LogP) is 5.10. The lowest BCUT2D eigenvalue weighted by atomic mass is 9.98. The third-order valence-electron chi connectivity index (χ3n) is 4.80. The summed E-state index contributed by atoms with van der Waals surface area (Å²) < 4.78 is 0. The van der Waals surface area contributed by atoms with Gasteiger partial charge in [0.1, 0.15) is 0 Å². The first-order valence-electron chi connectivity index (χ1n) is 10.3. The molecule has 0 spiro atoms. The predicted molar refractivity (Wildman–Crippen MR) is 105 cm³/mol. The lowest BCUT2D eigenvalue weighted by molar-refractivity contribution is 0.123. The number of unbranched alkanes of at least 4 members (excludes halogenated alkanes) is 13. The van der Waals surface area contributed by atoms with Crippen molar-refractivity contribution in [2.24, 2.45) is 5.73 Å². The minimum absolute atomic E-state index is 0.174. The summed E-state index contributed by atoms with van der Waals surface area (Å²) >= 11 is 0. The van der Waals surface area contributed by atoms with Crippen molar-refractivity contribution in [2.75, 3.05) is 13.2 Å². The largest absolute Gasteiger partial charge is 0.394 e. The van der Waals surface area contributed by atoms with Gasteiger partial charge in [-0.05, 0) is 19.3 Å². The minimum atomic E-state index is -0.855. The van der Waals surface area contributed by atoms with Crippen LogP contribution < -0.4 is 5.73 Å². The van der Waals surface area contributed by atoms with Crippen LogP contribution in [0.1, 0.15) is 103 Å². The second-order valence-electron chi connectivity index (χ2n) is 7.39. The lowest BCUT2D eigenvalue weighted by Crippen LogP contribution is -2.46. The maximum absolute atomic E-state index is 9.09. The molecule has 0 heterocycles. The third-order valence-corrected chi connectivity index (χ3v) is 4.80. The summed E-state index contributed by atoms with van der Waals surface area (Å²) in [5, 5.41) is 18.2. The highest BCUT2D eigenvalue weighted by Crippen LogP contribution is 2.13. The summed E-state index contributed by atoms with van der Waals surface area (Å²) in [6, 6.07) is 0. The summed E-state index contributed by atoms with van der Waals surface area (Å²) in [5.41, 5.74) is 4.95. The fourth-order valence-electron chi connectivity index (χ4n) is 2.89. The van der Waals surface area contributed by atoms with Gasteiger partial charge in [0.15, 0.2) is 0 Å². The Morgan fingerprint density at radius 1 is 0.667 bits per heavy atom. The van der Waals surface area contributed by atoms with E-state index in [1.807, 2.05) is 6.08 Å². The Bertz CT molecular complexity index is 275.